The fourth-order valence-corrected chi connectivity index (χ4v) is 5.10. The molecule has 2 heterocycles. The third kappa shape index (κ3) is 6.09. The molecule has 0 spiro atoms. The number of ether oxygens (including phenoxy) is 4. The SMILES string of the molecule is C#Cc1cccc2cc3cccc(C#Cc4cn([C@@H]5O[C@H](COC(C)=O)[C@@H](OC(C)=O)[C@H]5OC(C)=O)c(=O)[nH]c4=O)c3cc12. The van der Waals surface area contributed by atoms with E-state index in [4.69, 9.17) is 25.4 Å². The molecule has 1 fully saturated rings. The van der Waals surface area contributed by atoms with E-state index in [1.165, 1.54) is 13.1 Å². The van der Waals surface area contributed by atoms with Crippen LogP contribution in [0.5, 0.6) is 0 Å². The van der Waals surface area contributed by atoms with Gasteiger partial charge in [-0.1, -0.05) is 42.0 Å². The maximum Gasteiger partial charge on any atom is 0.330 e. The van der Waals surface area contributed by atoms with Gasteiger partial charge in [-0.2, -0.15) is 0 Å². The highest BCUT2D eigenvalue weighted by Gasteiger charge is 2.51. The molecule has 1 aliphatic rings. The van der Waals surface area contributed by atoms with Gasteiger partial charge in [0, 0.05) is 38.1 Å². The second-order valence-electron chi connectivity index (χ2n) is 10.0. The molecular weight excluding hydrogens is 568 g/mol. The zero-order valence-electron chi connectivity index (χ0n) is 23.9. The van der Waals surface area contributed by atoms with Crippen LogP contribution in [0, 0.1) is 24.2 Å². The summed E-state index contributed by atoms with van der Waals surface area (Å²) >= 11 is 0. The summed E-state index contributed by atoms with van der Waals surface area (Å²) in [7, 11) is 0. The molecule has 5 rings (SSSR count). The minimum atomic E-state index is -1.36. The third-order valence-electron chi connectivity index (χ3n) is 6.95. The van der Waals surface area contributed by atoms with E-state index in [1.807, 2.05) is 42.5 Å². The number of aromatic amines is 1. The van der Waals surface area contributed by atoms with Crippen LogP contribution in [0.15, 0.2) is 64.3 Å². The molecule has 0 radical (unpaired) electrons. The maximum absolute atomic E-state index is 13.0. The number of H-pyrrole nitrogens is 1. The highest BCUT2D eigenvalue weighted by atomic mass is 16.7. The topological polar surface area (TPSA) is 143 Å². The van der Waals surface area contributed by atoms with Crippen LogP contribution in [-0.2, 0) is 33.3 Å². The largest absolute Gasteiger partial charge is 0.463 e. The van der Waals surface area contributed by atoms with Crippen LogP contribution in [-0.4, -0.2) is 52.4 Å². The second-order valence-corrected chi connectivity index (χ2v) is 10.0. The molecule has 0 aliphatic carbocycles. The van der Waals surface area contributed by atoms with Crippen molar-refractivity contribution in [2.24, 2.45) is 0 Å². The molecule has 4 atom stereocenters. The van der Waals surface area contributed by atoms with Gasteiger partial charge in [0.2, 0.25) is 0 Å². The Bertz CT molecular complexity index is 2040. The van der Waals surface area contributed by atoms with E-state index in [-0.39, 0.29) is 12.2 Å². The van der Waals surface area contributed by atoms with Crippen LogP contribution in [0.4, 0.5) is 0 Å². The van der Waals surface area contributed by atoms with Crippen LogP contribution in [0.25, 0.3) is 21.5 Å². The first-order valence-corrected chi connectivity index (χ1v) is 13.5. The summed E-state index contributed by atoms with van der Waals surface area (Å²) in [6, 6.07) is 15.2. The fourth-order valence-electron chi connectivity index (χ4n) is 5.10. The van der Waals surface area contributed by atoms with E-state index in [0.29, 0.717) is 5.56 Å². The molecule has 11 nitrogen and oxygen atoms in total. The number of fused-ring (bicyclic) bond motifs is 2. The van der Waals surface area contributed by atoms with Crippen molar-refractivity contribution in [1.82, 2.24) is 9.55 Å². The maximum atomic E-state index is 13.0. The zero-order valence-corrected chi connectivity index (χ0v) is 23.9. The van der Waals surface area contributed by atoms with Crippen LogP contribution in [0.2, 0.25) is 0 Å². The van der Waals surface area contributed by atoms with Gasteiger partial charge in [-0.15, -0.1) is 6.42 Å². The van der Waals surface area contributed by atoms with E-state index >= 15 is 0 Å². The molecule has 44 heavy (non-hydrogen) atoms. The number of benzene rings is 3. The number of esters is 3. The highest BCUT2D eigenvalue weighted by molar-refractivity contribution is 6.02. The second kappa shape index (κ2) is 12.3. The minimum Gasteiger partial charge on any atom is -0.463 e. The molecule has 3 aromatic carbocycles. The molecule has 1 aliphatic heterocycles. The molecule has 1 aromatic heterocycles. The Morgan fingerprint density at radius 2 is 1.48 bits per heavy atom. The van der Waals surface area contributed by atoms with Crippen molar-refractivity contribution in [2.45, 2.75) is 45.3 Å². The molecule has 1 saturated heterocycles. The number of carbonyl (C=O) groups is 3. The number of nitrogens with one attached hydrogen (secondary N) is 1. The number of carbonyl (C=O) groups excluding carboxylic acids is 3. The van der Waals surface area contributed by atoms with E-state index in [9.17, 15) is 24.0 Å². The third-order valence-corrected chi connectivity index (χ3v) is 6.95. The first-order chi connectivity index (χ1) is 21.0. The molecule has 4 aromatic rings. The summed E-state index contributed by atoms with van der Waals surface area (Å²) in [5.41, 5.74) is -0.400. The molecule has 0 saturated carbocycles. The summed E-state index contributed by atoms with van der Waals surface area (Å²) in [5.74, 6) is 6.44. The Balaban J connectivity index is 1.58. The molecule has 11 heteroatoms. The smallest absolute Gasteiger partial charge is 0.330 e. The van der Waals surface area contributed by atoms with Crippen molar-refractivity contribution >= 4 is 39.5 Å². The van der Waals surface area contributed by atoms with Gasteiger partial charge in [0.15, 0.2) is 18.4 Å². The average Bonchev–Trinajstić information content (AvgIpc) is 3.29. The standard InChI is InChI=1S/C33H26N2O9/c1-5-21-8-6-10-23-14-24-11-7-9-22(27(24)15-26(21)23)12-13-25-16-35(33(40)34-31(25)39)32-30(43-20(4)38)29(42-19(3)37)28(44-32)17-41-18(2)36/h1,6-11,14-16,28-30,32H,17H2,2-4H3,(H,34,39,40)/t28-,29-,30-,32-/m1/s1. The lowest BCUT2D eigenvalue weighted by molar-refractivity contribution is -0.166. The molecule has 0 bridgehead atoms. The normalized spacial score (nSPS) is 19.0. The van der Waals surface area contributed by atoms with Crippen LogP contribution in [0.3, 0.4) is 0 Å². The summed E-state index contributed by atoms with van der Waals surface area (Å²) in [6.07, 6.45) is 1.87. The van der Waals surface area contributed by atoms with E-state index < -0.39 is 53.7 Å². The van der Waals surface area contributed by atoms with Gasteiger partial charge in [-0.05, 0) is 45.8 Å². The Labute approximate surface area is 250 Å². The number of rotatable bonds is 5. The highest BCUT2D eigenvalue weighted by Crippen LogP contribution is 2.34. The van der Waals surface area contributed by atoms with Crippen LogP contribution < -0.4 is 11.2 Å². The Morgan fingerprint density at radius 1 is 0.864 bits per heavy atom. The van der Waals surface area contributed by atoms with Crippen molar-refractivity contribution < 1.29 is 33.3 Å². The number of hydrogen-bond donors (Lipinski definition) is 1. The summed E-state index contributed by atoms with van der Waals surface area (Å²) < 4.78 is 22.7. The van der Waals surface area contributed by atoms with Crippen LogP contribution >= 0.6 is 0 Å². The van der Waals surface area contributed by atoms with E-state index in [0.717, 1.165) is 45.5 Å². The van der Waals surface area contributed by atoms with Gasteiger partial charge >= 0.3 is 23.6 Å². The number of nitrogens with zero attached hydrogens (tertiary/aromatic N) is 1. The lowest BCUT2D eigenvalue weighted by atomic mass is 9.97. The molecule has 1 N–H and O–H groups in total. The minimum absolute atomic E-state index is 0.0932. The van der Waals surface area contributed by atoms with E-state index in [1.54, 1.807) is 6.07 Å². The number of terminal acetylenes is 1. The lowest BCUT2D eigenvalue weighted by Gasteiger charge is -2.23. The van der Waals surface area contributed by atoms with Crippen molar-refractivity contribution in [2.75, 3.05) is 6.61 Å². The fraction of sp³-hybridized carbons (Fsp3) is 0.242. The summed E-state index contributed by atoms with van der Waals surface area (Å²) in [4.78, 5) is 63.3. The first kappa shape index (κ1) is 29.8. The Kier molecular flexibility index (Phi) is 8.34. The number of hydrogen-bond acceptors (Lipinski definition) is 9. The van der Waals surface area contributed by atoms with Crippen LogP contribution in [0.1, 0.15) is 43.7 Å². The molecule has 0 amide bonds. The summed E-state index contributed by atoms with van der Waals surface area (Å²) in [6.45, 7) is 3.10. The van der Waals surface area contributed by atoms with Crippen molar-refractivity contribution in [3.8, 4) is 24.2 Å². The number of aromatic nitrogens is 2. The van der Waals surface area contributed by atoms with Crippen molar-refractivity contribution in [3.63, 3.8) is 0 Å². The monoisotopic (exact) mass is 594 g/mol. The van der Waals surface area contributed by atoms with Crippen molar-refractivity contribution in [1.29, 1.82) is 0 Å². The lowest BCUT2D eigenvalue weighted by Crippen LogP contribution is -2.42. The first-order valence-electron chi connectivity index (χ1n) is 13.5. The molecule has 0 unspecified atom stereocenters. The Morgan fingerprint density at radius 3 is 2.11 bits per heavy atom. The van der Waals surface area contributed by atoms with Gasteiger partial charge in [0.05, 0.1) is 0 Å². The predicted octanol–water partition coefficient (Wildman–Crippen LogP) is 2.55. The summed E-state index contributed by atoms with van der Waals surface area (Å²) in [5, 5.41) is 3.58. The van der Waals surface area contributed by atoms with Gasteiger partial charge in [-0.25, -0.2) is 4.79 Å². The predicted molar refractivity (Wildman–Crippen MR) is 158 cm³/mol. The van der Waals surface area contributed by atoms with Gasteiger partial charge in [0.1, 0.15) is 18.3 Å². The zero-order chi connectivity index (χ0) is 31.5. The van der Waals surface area contributed by atoms with Crippen molar-refractivity contribution in [3.05, 3.63) is 92.3 Å². The quantitative estimate of drug-likeness (QED) is 0.160. The van der Waals surface area contributed by atoms with E-state index in [2.05, 4.69) is 22.7 Å². The molecule has 222 valence electrons. The van der Waals surface area contributed by atoms with Gasteiger partial charge < -0.3 is 18.9 Å². The van der Waals surface area contributed by atoms with Gasteiger partial charge in [0.25, 0.3) is 5.56 Å². The average molecular weight is 595 g/mol. The molecular formula is C33H26N2O9. The Hall–Kier alpha value is -5.65. The van der Waals surface area contributed by atoms with Gasteiger partial charge in [-0.3, -0.25) is 28.7 Å².